The number of β-amino-alcohol motifs (C(OH)–C–C–N with tert-alkyl or cyclic N) is 1. The Morgan fingerprint density at radius 1 is 1.44 bits per heavy atom. The number of hydrogen-bond acceptors (Lipinski definition) is 4. The first kappa shape index (κ1) is 12.6. The average molecular weight is 249 g/mol. The zero-order chi connectivity index (χ0) is 13.0. The molecule has 2 rings (SSSR count). The predicted octanol–water partition coefficient (Wildman–Crippen LogP) is 0.321. The smallest absolute Gasteiger partial charge is 0.329 e. The van der Waals surface area contributed by atoms with Gasteiger partial charge in [-0.05, 0) is 5.56 Å². The van der Waals surface area contributed by atoms with Crippen LogP contribution in [0.5, 0.6) is 0 Å². The molecule has 96 valence electrons. The highest BCUT2D eigenvalue weighted by Crippen LogP contribution is 2.17. The van der Waals surface area contributed by atoms with Gasteiger partial charge in [0.25, 0.3) is 0 Å². The minimum absolute atomic E-state index is 0.180. The minimum atomic E-state index is -0.666. The van der Waals surface area contributed by atoms with Gasteiger partial charge in [-0.15, -0.1) is 0 Å². The van der Waals surface area contributed by atoms with Crippen molar-refractivity contribution in [2.75, 3.05) is 6.54 Å². The van der Waals surface area contributed by atoms with E-state index in [-0.39, 0.29) is 19.6 Å². The van der Waals surface area contributed by atoms with Gasteiger partial charge in [-0.2, -0.15) is 0 Å². The number of ether oxygens (including phenoxy) is 1. The lowest BCUT2D eigenvalue weighted by Crippen LogP contribution is -2.36. The summed E-state index contributed by atoms with van der Waals surface area (Å²) >= 11 is 0. The van der Waals surface area contributed by atoms with E-state index in [1.165, 1.54) is 4.90 Å². The molecule has 0 aromatic heterocycles. The van der Waals surface area contributed by atoms with Crippen molar-refractivity contribution in [2.24, 2.45) is 0 Å². The SMILES string of the molecule is O=CN1CC(O)C[C@H]1C(=O)OCc1ccccc1. The summed E-state index contributed by atoms with van der Waals surface area (Å²) in [5.41, 5.74) is 0.891. The van der Waals surface area contributed by atoms with Crippen LogP contribution in [0.3, 0.4) is 0 Å². The van der Waals surface area contributed by atoms with Gasteiger partial charge < -0.3 is 14.7 Å². The van der Waals surface area contributed by atoms with Gasteiger partial charge in [0.05, 0.1) is 6.10 Å². The van der Waals surface area contributed by atoms with E-state index >= 15 is 0 Å². The molecule has 1 aliphatic heterocycles. The molecule has 1 aromatic carbocycles. The average Bonchev–Trinajstić information content (AvgIpc) is 2.78. The highest BCUT2D eigenvalue weighted by Gasteiger charge is 2.36. The Bertz CT molecular complexity index is 420. The number of aliphatic hydroxyl groups excluding tert-OH is 1. The molecule has 1 amide bonds. The quantitative estimate of drug-likeness (QED) is 0.616. The standard InChI is InChI=1S/C13H15NO4/c15-9-14-7-11(16)6-12(14)13(17)18-8-10-4-2-1-3-5-10/h1-5,9,11-12,16H,6-8H2/t11?,12-/m0/s1. The van der Waals surface area contributed by atoms with E-state index in [0.717, 1.165) is 5.56 Å². The summed E-state index contributed by atoms with van der Waals surface area (Å²) in [6.07, 6.45) is 0.168. The first-order valence-electron chi connectivity index (χ1n) is 5.80. The molecular formula is C13H15NO4. The van der Waals surface area contributed by atoms with E-state index < -0.39 is 18.1 Å². The molecule has 5 nitrogen and oxygen atoms in total. The molecule has 1 heterocycles. The largest absolute Gasteiger partial charge is 0.459 e. The van der Waals surface area contributed by atoms with Crippen LogP contribution in [-0.4, -0.2) is 41.1 Å². The Labute approximate surface area is 105 Å². The van der Waals surface area contributed by atoms with Crippen LogP contribution < -0.4 is 0 Å². The van der Waals surface area contributed by atoms with Gasteiger partial charge in [-0.25, -0.2) is 4.79 Å². The second kappa shape index (κ2) is 5.64. The Hall–Kier alpha value is -1.88. The normalized spacial score (nSPS) is 22.8. The van der Waals surface area contributed by atoms with Crippen molar-refractivity contribution >= 4 is 12.4 Å². The second-order valence-electron chi connectivity index (χ2n) is 4.30. The van der Waals surface area contributed by atoms with Crippen LogP contribution in [0, 0.1) is 0 Å². The van der Waals surface area contributed by atoms with E-state index in [2.05, 4.69) is 0 Å². The zero-order valence-corrected chi connectivity index (χ0v) is 9.86. The third kappa shape index (κ3) is 2.87. The van der Waals surface area contributed by atoms with Crippen LogP contribution in [0.15, 0.2) is 30.3 Å². The number of carbonyl (C=O) groups excluding carboxylic acids is 2. The van der Waals surface area contributed by atoms with E-state index in [9.17, 15) is 14.7 Å². The summed E-state index contributed by atoms with van der Waals surface area (Å²) in [5, 5.41) is 9.43. The van der Waals surface area contributed by atoms with Gasteiger partial charge in [0.1, 0.15) is 12.6 Å². The maximum absolute atomic E-state index is 11.8. The molecule has 0 radical (unpaired) electrons. The van der Waals surface area contributed by atoms with Gasteiger partial charge in [-0.1, -0.05) is 30.3 Å². The molecule has 18 heavy (non-hydrogen) atoms. The zero-order valence-electron chi connectivity index (χ0n) is 9.86. The lowest BCUT2D eigenvalue weighted by Gasteiger charge is -2.17. The number of rotatable bonds is 4. The van der Waals surface area contributed by atoms with E-state index in [0.29, 0.717) is 6.41 Å². The third-order valence-electron chi connectivity index (χ3n) is 2.95. The fraction of sp³-hybridized carbons (Fsp3) is 0.385. The molecule has 1 fully saturated rings. The van der Waals surface area contributed by atoms with Crippen molar-refractivity contribution < 1.29 is 19.4 Å². The number of amides is 1. The van der Waals surface area contributed by atoms with Crippen molar-refractivity contribution in [2.45, 2.75) is 25.2 Å². The number of likely N-dealkylation sites (tertiary alicyclic amines) is 1. The fourth-order valence-electron chi connectivity index (χ4n) is 2.01. The highest BCUT2D eigenvalue weighted by atomic mass is 16.5. The summed E-state index contributed by atoms with van der Waals surface area (Å²) in [5.74, 6) is -0.470. The van der Waals surface area contributed by atoms with Gasteiger partial charge in [0.15, 0.2) is 0 Å². The number of aliphatic hydroxyl groups is 1. The Balaban J connectivity index is 1.90. The summed E-state index contributed by atoms with van der Waals surface area (Å²) in [4.78, 5) is 23.8. The molecule has 2 atom stereocenters. The van der Waals surface area contributed by atoms with Crippen molar-refractivity contribution in [1.29, 1.82) is 0 Å². The van der Waals surface area contributed by atoms with Crippen LogP contribution >= 0.6 is 0 Å². The molecule has 1 saturated heterocycles. The second-order valence-corrected chi connectivity index (χ2v) is 4.30. The van der Waals surface area contributed by atoms with Crippen LogP contribution in [0.2, 0.25) is 0 Å². The first-order chi connectivity index (χ1) is 8.70. The van der Waals surface area contributed by atoms with Gasteiger partial charge in [0, 0.05) is 13.0 Å². The van der Waals surface area contributed by atoms with Crippen molar-refractivity contribution in [3.05, 3.63) is 35.9 Å². The van der Waals surface area contributed by atoms with Crippen LogP contribution in [0.4, 0.5) is 0 Å². The number of benzene rings is 1. The molecule has 1 N–H and O–H groups in total. The number of esters is 1. The van der Waals surface area contributed by atoms with Gasteiger partial charge >= 0.3 is 5.97 Å². The highest BCUT2D eigenvalue weighted by molar-refractivity contribution is 5.79. The Morgan fingerprint density at radius 2 is 2.17 bits per heavy atom. The fourth-order valence-corrected chi connectivity index (χ4v) is 2.01. The lowest BCUT2D eigenvalue weighted by molar-refractivity contribution is -0.152. The van der Waals surface area contributed by atoms with Crippen LogP contribution in [0.1, 0.15) is 12.0 Å². The maximum atomic E-state index is 11.8. The summed E-state index contributed by atoms with van der Waals surface area (Å²) < 4.78 is 5.14. The molecule has 1 aliphatic rings. The Morgan fingerprint density at radius 3 is 2.83 bits per heavy atom. The monoisotopic (exact) mass is 249 g/mol. The molecule has 0 saturated carbocycles. The summed E-state index contributed by atoms with van der Waals surface area (Å²) in [6.45, 7) is 0.369. The van der Waals surface area contributed by atoms with E-state index in [1.807, 2.05) is 30.3 Å². The van der Waals surface area contributed by atoms with Crippen molar-refractivity contribution in [1.82, 2.24) is 4.90 Å². The first-order valence-corrected chi connectivity index (χ1v) is 5.80. The predicted molar refractivity (Wildman–Crippen MR) is 63.4 cm³/mol. The number of nitrogens with zero attached hydrogens (tertiary/aromatic N) is 1. The van der Waals surface area contributed by atoms with E-state index in [1.54, 1.807) is 0 Å². The topological polar surface area (TPSA) is 66.8 Å². The lowest BCUT2D eigenvalue weighted by atomic mass is 10.2. The maximum Gasteiger partial charge on any atom is 0.329 e. The molecular weight excluding hydrogens is 234 g/mol. The molecule has 0 aliphatic carbocycles. The van der Waals surface area contributed by atoms with Crippen molar-refractivity contribution in [3.63, 3.8) is 0 Å². The van der Waals surface area contributed by atoms with E-state index in [4.69, 9.17) is 4.74 Å². The van der Waals surface area contributed by atoms with Gasteiger partial charge in [0.2, 0.25) is 6.41 Å². The summed E-state index contributed by atoms with van der Waals surface area (Å²) in [6, 6.07) is 8.65. The molecule has 5 heteroatoms. The summed E-state index contributed by atoms with van der Waals surface area (Å²) in [7, 11) is 0. The Kier molecular flexibility index (Phi) is 3.94. The third-order valence-corrected chi connectivity index (χ3v) is 2.95. The number of hydrogen-bond donors (Lipinski definition) is 1. The van der Waals surface area contributed by atoms with Crippen LogP contribution in [0.25, 0.3) is 0 Å². The molecule has 0 spiro atoms. The molecule has 0 bridgehead atoms. The van der Waals surface area contributed by atoms with Crippen molar-refractivity contribution in [3.8, 4) is 0 Å². The molecule has 1 aromatic rings. The van der Waals surface area contributed by atoms with Gasteiger partial charge in [-0.3, -0.25) is 4.79 Å². The minimum Gasteiger partial charge on any atom is -0.459 e. The molecule has 1 unspecified atom stereocenters. The number of carbonyl (C=O) groups is 2. The van der Waals surface area contributed by atoms with Crippen LogP contribution in [-0.2, 0) is 20.9 Å².